The van der Waals surface area contributed by atoms with Gasteiger partial charge in [0.25, 0.3) is 5.91 Å². The summed E-state index contributed by atoms with van der Waals surface area (Å²) in [6.07, 6.45) is 2.34. The van der Waals surface area contributed by atoms with Gasteiger partial charge in [0.15, 0.2) is 0 Å². The van der Waals surface area contributed by atoms with E-state index >= 15 is 0 Å². The number of piperidine rings is 1. The topological polar surface area (TPSA) is 56.1 Å². The molecule has 0 saturated carbocycles. The Kier molecular flexibility index (Phi) is 3.51. The van der Waals surface area contributed by atoms with Gasteiger partial charge in [0, 0.05) is 30.1 Å². The highest BCUT2D eigenvalue weighted by Gasteiger charge is 2.32. The van der Waals surface area contributed by atoms with E-state index in [-0.39, 0.29) is 11.9 Å². The maximum Gasteiger partial charge on any atom is 0.251 e. The van der Waals surface area contributed by atoms with Gasteiger partial charge >= 0.3 is 0 Å². The minimum atomic E-state index is -0.0351. The second kappa shape index (κ2) is 5.68. The van der Waals surface area contributed by atoms with Crippen LogP contribution in [0.15, 0.2) is 36.4 Å². The molecular formula is C19H19N3O. The Morgan fingerprint density at radius 3 is 3.00 bits per heavy atom. The molecule has 2 aliphatic heterocycles. The van der Waals surface area contributed by atoms with Gasteiger partial charge in [0.1, 0.15) is 0 Å². The first-order valence-electron chi connectivity index (χ1n) is 8.19. The molecule has 116 valence electrons. The molecule has 4 rings (SSSR count). The molecule has 2 fully saturated rings. The third-order valence-electron chi connectivity index (χ3n) is 5.07. The van der Waals surface area contributed by atoms with Crippen molar-refractivity contribution >= 4 is 16.7 Å². The fraction of sp³-hybridized carbons (Fsp3) is 0.368. The molecule has 4 nitrogen and oxygen atoms in total. The number of nitrogens with one attached hydrogen (secondary N) is 1. The fourth-order valence-electron chi connectivity index (χ4n) is 3.94. The predicted molar refractivity (Wildman–Crippen MR) is 89.1 cm³/mol. The summed E-state index contributed by atoms with van der Waals surface area (Å²) in [5, 5.41) is 14.2. The van der Waals surface area contributed by atoms with Gasteiger partial charge in [-0.2, -0.15) is 5.26 Å². The molecule has 0 aromatic heterocycles. The van der Waals surface area contributed by atoms with E-state index in [0.717, 1.165) is 29.7 Å². The quantitative estimate of drug-likeness (QED) is 0.927. The van der Waals surface area contributed by atoms with E-state index < -0.39 is 0 Å². The van der Waals surface area contributed by atoms with E-state index in [4.69, 9.17) is 0 Å². The van der Waals surface area contributed by atoms with Crippen molar-refractivity contribution < 1.29 is 4.79 Å². The third kappa shape index (κ3) is 2.69. The first-order chi connectivity index (χ1) is 11.2. The van der Waals surface area contributed by atoms with Crippen LogP contribution in [-0.4, -0.2) is 36.5 Å². The molecule has 23 heavy (non-hydrogen) atoms. The van der Waals surface area contributed by atoms with Crippen LogP contribution in [0.4, 0.5) is 0 Å². The zero-order chi connectivity index (χ0) is 15.8. The Hall–Kier alpha value is -2.38. The van der Waals surface area contributed by atoms with Gasteiger partial charge < -0.3 is 10.2 Å². The molecule has 0 aliphatic carbocycles. The van der Waals surface area contributed by atoms with E-state index in [9.17, 15) is 10.1 Å². The minimum absolute atomic E-state index is 0.0351. The van der Waals surface area contributed by atoms with Crippen molar-refractivity contribution in [3.8, 4) is 6.07 Å². The van der Waals surface area contributed by atoms with Crippen molar-refractivity contribution in [1.82, 2.24) is 10.2 Å². The van der Waals surface area contributed by atoms with Crippen molar-refractivity contribution in [1.29, 1.82) is 5.26 Å². The Balaban J connectivity index is 1.56. The van der Waals surface area contributed by atoms with Crippen LogP contribution >= 0.6 is 0 Å². The summed E-state index contributed by atoms with van der Waals surface area (Å²) >= 11 is 0. The smallest absolute Gasteiger partial charge is 0.251 e. The molecule has 4 heteroatoms. The van der Waals surface area contributed by atoms with Crippen molar-refractivity contribution in [2.45, 2.75) is 18.9 Å². The van der Waals surface area contributed by atoms with Crippen LogP contribution in [0.5, 0.6) is 0 Å². The summed E-state index contributed by atoms with van der Waals surface area (Å²) in [4.78, 5) is 15.0. The Morgan fingerprint density at radius 1 is 1.26 bits per heavy atom. The summed E-state index contributed by atoms with van der Waals surface area (Å²) in [5.41, 5.74) is 1.24. The largest absolute Gasteiger partial charge is 0.348 e. The normalized spacial score (nSPS) is 26.0. The van der Waals surface area contributed by atoms with Gasteiger partial charge in [0.05, 0.1) is 11.6 Å². The van der Waals surface area contributed by atoms with E-state index in [1.54, 1.807) is 6.07 Å². The summed E-state index contributed by atoms with van der Waals surface area (Å²) < 4.78 is 0. The zero-order valence-electron chi connectivity index (χ0n) is 13.0. The SMILES string of the molecule is N#Cc1cccc2ccc(C(=O)N[C@@H]3C[C@@H]4CCN(C4)C3)cc12. The highest BCUT2D eigenvalue weighted by molar-refractivity contribution is 6.00. The lowest BCUT2D eigenvalue weighted by molar-refractivity contribution is 0.0909. The predicted octanol–water partition coefficient (Wildman–Crippen LogP) is 2.54. The second-order valence-electron chi connectivity index (χ2n) is 6.67. The number of benzene rings is 2. The molecule has 2 aromatic carbocycles. The molecule has 2 bridgehead atoms. The molecule has 1 unspecified atom stereocenters. The Morgan fingerprint density at radius 2 is 2.17 bits per heavy atom. The van der Waals surface area contributed by atoms with E-state index in [0.29, 0.717) is 11.1 Å². The molecule has 0 radical (unpaired) electrons. The van der Waals surface area contributed by atoms with Gasteiger partial charge in [-0.1, -0.05) is 18.2 Å². The minimum Gasteiger partial charge on any atom is -0.348 e. The summed E-state index contributed by atoms with van der Waals surface area (Å²) in [7, 11) is 0. The van der Waals surface area contributed by atoms with Crippen LogP contribution in [0.2, 0.25) is 0 Å². The molecule has 2 aromatic rings. The average molecular weight is 305 g/mol. The number of hydrogen-bond donors (Lipinski definition) is 1. The molecule has 1 amide bonds. The van der Waals surface area contributed by atoms with Gasteiger partial charge in [-0.3, -0.25) is 4.79 Å². The lowest BCUT2D eigenvalue weighted by atomic mass is 9.96. The highest BCUT2D eigenvalue weighted by atomic mass is 16.1. The van der Waals surface area contributed by atoms with E-state index in [1.165, 1.54) is 19.5 Å². The van der Waals surface area contributed by atoms with Crippen molar-refractivity contribution in [3.05, 3.63) is 47.5 Å². The lowest BCUT2D eigenvalue weighted by Crippen LogP contribution is -2.47. The van der Waals surface area contributed by atoms with Crippen LogP contribution in [0.3, 0.4) is 0 Å². The Labute approximate surface area is 135 Å². The first kappa shape index (κ1) is 14.2. The molecule has 2 saturated heterocycles. The van der Waals surface area contributed by atoms with Crippen LogP contribution in [-0.2, 0) is 0 Å². The molecule has 2 heterocycles. The Bertz CT molecular complexity index is 796. The van der Waals surface area contributed by atoms with Crippen LogP contribution < -0.4 is 5.32 Å². The zero-order valence-corrected chi connectivity index (χ0v) is 13.0. The second-order valence-corrected chi connectivity index (χ2v) is 6.67. The van der Waals surface area contributed by atoms with Crippen molar-refractivity contribution in [3.63, 3.8) is 0 Å². The van der Waals surface area contributed by atoms with Gasteiger partial charge in [0.2, 0.25) is 0 Å². The van der Waals surface area contributed by atoms with E-state index in [2.05, 4.69) is 16.3 Å². The molecule has 3 atom stereocenters. The molecule has 1 N–H and O–H groups in total. The standard InChI is InChI=1S/C19H19N3O/c20-10-16-3-1-2-14-4-5-15(9-18(14)16)19(23)21-17-8-13-6-7-22(11-13)12-17/h1-5,9,13,17H,6-8,11-12H2,(H,21,23)/t13-,17+/m0/s1. The van der Waals surface area contributed by atoms with E-state index in [1.807, 2.05) is 30.3 Å². The van der Waals surface area contributed by atoms with Crippen molar-refractivity contribution in [2.75, 3.05) is 19.6 Å². The van der Waals surface area contributed by atoms with Gasteiger partial charge in [-0.15, -0.1) is 0 Å². The number of nitriles is 1. The summed E-state index contributed by atoms with van der Waals surface area (Å²) in [6.45, 7) is 3.31. The average Bonchev–Trinajstić information content (AvgIpc) is 2.92. The van der Waals surface area contributed by atoms with Crippen LogP contribution in [0, 0.1) is 17.2 Å². The number of rotatable bonds is 2. The summed E-state index contributed by atoms with van der Waals surface area (Å²) in [6, 6.07) is 13.7. The highest BCUT2D eigenvalue weighted by Crippen LogP contribution is 2.27. The number of fused-ring (bicyclic) bond motifs is 3. The first-order valence-corrected chi connectivity index (χ1v) is 8.19. The monoisotopic (exact) mass is 305 g/mol. The molecule has 2 aliphatic rings. The van der Waals surface area contributed by atoms with Crippen LogP contribution in [0.1, 0.15) is 28.8 Å². The maximum atomic E-state index is 12.6. The third-order valence-corrected chi connectivity index (χ3v) is 5.07. The summed E-state index contributed by atoms with van der Waals surface area (Å²) in [5.74, 6) is 0.697. The maximum absolute atomic E-state index is 12.6. The molecular weight excluding hydrogens is 286 g/mol. The number of amides is 1. The number of hydrogen-bond acceptors (Lipinski definition) is 3. The number of carbonyl (C=O) groups is 1. The van der Waals surface area contributed by atoms with Crippen LogP contribution in [0.25, 0.3) is 10.8 Å². The lowest BCUT2D eigenvalue weighted by Gasteiger charge is -2.30. The number of nitrogens with zero attached hydrogens (tertiary/aromatic N) is 2. The van der Waals surface area contributed by atoms with Gasteiger partial charge in [-0.05, 0) is 48.9 Å². The molecule has 0 spiro atoms. The van der Waals surface area contributed by atoms with Crippen molar-refractivity contribution in [2.24, 2.45) is 5.92 Å². The fourth-order valence-corrected chi connectivity index (χ4v) is 3.94. The number of carbonyl (C=O) groups excluding carboxylic acids is 1. The van der Waals surface area contributed by atoms with Gasteiger partial charge in [-0.25, -0.2) is 0 Å².